The van der Waals surface area contributed by atoms with Crippen LogP contribution in [-0.2, 0) is 16.1 Å². The number of rotatable bonds is 9. The Balaban J connectivity index is 1.55. The summed E-state index contributed by atoms with van der Waals surface area (Å²) in [5.41, 5.74) is 0.931. The number of nitrogens with one attached hydrogen (secondary N) is 1. The van der Waals surface area contributed by atoms with Crippen LogP contribution in [0.2, 0.25) is 0 Å². The predicted molar refractivity (Wildman–Crippen MR) is 125 cm³/mol. The van der Waals surface area contributed by atoms with Gasteiger partial charge in [-0.2, -0.15) is 0 Å². The first-order valence-electron chi connectivity index (χ1n) is 10.8. The summed E-state index contributed by atoms with van der Waals surface area (Å²) in [6, 6.07) is 15.5. The Morgan fingerprint density at radius 3 is 2.53 bits per heavy atom. The van der Waals surface area contributed by atoms with Crippen molar-refractivity contribution >= 4 is 29.2 Å². The lowest BCUT2D eigenvalue weighted by molar-refractivity contribution is -0.124. The molecular weight excluding hydrogens is 438 g/mol. The lowest BCUT2D eigenvalue weighted by atomic mass is 10.1. The first kappa shape index (κ1) is 22.9. The number of imide groups is 1. The van der Waals surface area contributed by atoms with Crippen LogP contribution < -0.4 is 19.7 Å². The molecule has 9 heteroatoms. The maximum absolute atomic E-state index is 13.4. The molecule has 2 heterocycles. The number of amides is 4. The zero-order valence-corrected chi connectivity index (χ0v) is 18.9. The number of carbonyl (C=O) groups excluding carboxylic acids is 3. The molecule has 34 heavy (non-hydrogen) atoms. The topological polar surface area (TPSA) is 101 Å². The van der Waals surface area contributed by atoms with Crippen molar-refractivity contribution in [2.45, 2.75) is 25.9 Å². The molecule has 0 bridgehead atoms. The zero-order chi connectivity index (χ0) is 24.1. The summed E-state index contributed by atoms with van der Waals surface area (Å²) in [7, 11) is 1.50. The van der Waals surface area contributed by atoms with Gasteiger partial charge in [0.05, 0.1) is 38.6 Å². The second-order valence-electron chi connectivity index (χ2n) is 7.59. The molecule has 0 saturated carbocycles. The van der Waals surface area contributed by atoms with Gasteiger partial charge in [-0.3, -0.25) is 9.59 Å². The first-order valence-corrected chi connectivity index (χ1v) is 10.8. The van der Waals surface area contributed by atoms with Crippen LogP contribution in [0.25, 0.3) is 0 Å². The van der Waals surface area contributed by atoms with Crippen molar-refractivity contribution < 1.29 is 28.3 Å². The molecule has 0 radical (unpaired) electrons. The van der Waals surface area contributed by atoms with Gasteiger partial charge in [-0.1, -0.05) is 6.07 Å². The maximum Gasteiger partial charge on any atom is 0.332 e. The van der Waals surface area contributed by atoms with E-state index in [1.807, 2.05) is 6.92 Å². The molecule has 0 spiro atoms. The third kappa shape index (κ3) is 4.88. The smallest absolute Gasteiger partial charge is 0.332 e. The highest BCUT2D eigenvalue weighted by Crippen LogP contribution is 2.30. The van der Waals surface area contributed by atoms with E-state index >= 15 is 0 Å². The number of furan rings is 1. The van der Waals surface area contributed by atoms with E-state index in [2.05, 4.69) is 5.32 Å². The van der Waals surface area contributed by atoms with Crippen molar-refractivity contribution in [3.8, 4) is 11.5 Å². The van der Waals surface area contributed by atoms with Crippen molar-refractivity contribution in [3.05, 3.63) is 72.7 Å². The van der Waals surface area contributed by atoms with Gasteiger partial charge in [0.15, 0.2) is 0 Å². The highest BCUT2D eigenvalue weighted by molar-refractivity contribution is 6.22. The van der Waals surface area contributed by atoms with Gasteiger partial charge in [-0.05, 0) is 55.5 Å². The number of urea groups is 1. The van der Waals surface area contributed by atoms with E-state index in [0.29, 0.717) is 35.2 Å². The van der Waals surface area contributed by atoms with Gasteiger partial charge in [-0.25, -0.2) is 9.69 Å². The lowest BCUT2D eigenvalue weighted by Crippen LogP contribution is -2.37. The highest BCUT2D eigenvalue weighted by Gasteiger charge is 2.47. The lowest BCUT2D eigenvalue weighted by Gasteiger charge is -2.20. The van der Waals surface area contributed by atoms with Crippen LogP contribution in [0.3, 0.4) is 0 Å². The Morgan fingerprint density at radius 1 is 1.06 bits per heavy atom. The van der Waals surface area contributed by atoms with Gasteiger partial charge in [-0.15, -0.1) is 0 Å². The Kier molecular flexibility index (Phi) is 6.82. The molecule has 4 rings (SSSR count). The Hall–Kier alpha value is -4.27. The van der Waals surface area contributed by atoms with E-state index in [1.54, 1.807) is 60.7 Å². The quantitative estimate of drug-likeness (QED) is 0.481. The highest BCUT2D eigenvalue weighted by atomic mass is 16.5. The molecule has 3 aromatic rings. The number of methoxy groups -OCH3 is 1. The van der Waals surface area contributed by atoms with Crippen LogP contribution >= 0.6 is 0 Å². The zero-order valence-electron chi connectivity index (χ0n) is 18.9. The van der Waals surface area contributed by atoms with Crippen molar-refractivity contribution in [2.24, 2.45) is 0 Å². The van der Waals surface area contributed by atoms with Crippen LogP contribution in [0.5, 0.6) is 11.5 Å². The molecule has 1 aromatic heterocycles. The molecule has 176 valence electrons. The summed E-state index contributed by atoms with van der Waals surface area (Å²) in [6.07, 6.45) is 1.28. The summed E-state index contributed by atoms with van der Waals surface area (Å²) >= 11 is 0. The van der Waals surface area contributed by atoms with Crippen LogP contribution in [0, 0.1) is 0 Å². The SMILES string of the molecule is CCOc1ccc(NC(=O)C[C@H]2C(=O)N(c3cccc(OC)c3)C(=O)N2Cc2ccco2)cc1. The summed E-state index contributed by atoms with van der Waals surface area (Å²) in [5, 5.41) is 2.78. The number of hydrogen-bond acceptors (Lipinski definition) is 6. The molecule has 4 amide bonds. The van der Waals surface area contributed by atoms with Gasteiger partial charge < -0.3 is 24.1 Å². The molecule has 2 aromatic carbocycles. The molecule has 1 aliphatic rings. The van der Waals surface area contributed by atoms with Gasteiger partial charge in [0, 0.05) is 11.8 Å². The van der Waals surface area contributed by atoms with E-state index in [4.69, 9.17) is 13.9 Å². The third-order valence-electron chi connectivity index (χ3n) is 5.36. The predicted octanol–water partition coefficient (Wildman–Crippen LogP) is 4.05. The van der Waals surface area contributed by atoms with Crippen molar-refractivity contribution in [1.29, 1.82) is 0 Å². The van der Waals surface area contributed by atoms with E-state index in [-0.39, 0.29) is 13.0 Å². The minimum absolute atomic E-state index is 0.0546. The van der Waals surface area contributed by atoms with E-state index in [9.17, 15) is 14.4 Å². The Bertz CT molecular complexity index is 1160. The summed E-state index contributed by atoms with van der Waals surface area (Å²) in [4.78, 5) is 41.9. The summed E-state index contributed by atoms with van der Waals surface area (Å²) in [5.74, 6) is 0.812. The molecule has 0 aliphatic carbocycles. The number of nitrogens with zero attached hydrogens (tertiary/aromatic N) is 2. The van der Waals surface area contributed by atoms with Gasteiger partial charge in [0.1, 0.15) is 23.3 Å². The Labute approximate surface area is 196 Å². The molecule has 9 nitrogen and oxygen atoms in total. The van der Waals surface area contributed by atoms with E-state index in [0.717, 1.165) is 4.90 Å². The number of ether oxygens (including phenoxy) is 2. The summed E-state index contributed by atoms with van der Waals surface area (Å²) in [6.45, 7) is 2.48. The fourth-order valence-corrected chi connectivity index (χ4v) is 3.76. The van der Waals surface area contributed by atoms with E-state index in [1.165, 1.54) is 18.3 Å². The number of anilines is 2. The van der Waals surface area contributed by atoms with Crippen molar-refractivity contribution in [3.63, 3.8) is 0 Å². The molecule has 1 N–H and O–H groups in total. The average Bonchev–Trinajstić information content (AvgIpc) is 3.43. The second kappa shape index (κ2) is 10.1. The van der Waals surface area contributed by atoms with Crippen molar-refractivity contribution in [2.75, 3.05) is 23.9 Å². The van der Waals surface area contributed by atoms with Crippen LogP contribution in [-0.4, -0.2) is 42.5 Å². The second-order valence-corrected chi connectivity index (χ2v) is 7.59. The van der Waals surface area contributed by atoms with Crippen LogP contribution in [0.4, 0.5) is 16.2 Å². The number of carbonyl (C=O) groups is 3. The van der Waals surface area contributed by atoms with Gasteiger partial charge in [0.2, 0.25) is 5.91 Å². The molecule has 1 saturated heterocycles. The molecule has 0 unspecified atom stereocenters. The molecule has 1 atom stereocenters. The fourth-order valence-electron chi connectivity index (χ4n) is 3.76. The monoisotopic (exact) mass is 463 g/mol. The number of benzene rings is 2. The normalized spacial score (nSPS) is 15.5. The average molecular weight is 463 g/mol. The minimum atomic E-state index is -0.994. The number of hydrogen-bond donors (Lipinski definition) is 1. The summed E-state index contributed by atoms with van der Waals surface area (Å²) < 4.78 is 16.0. The van der Waals surface area contributed by atoms with Gasteiger partial charge >= 0.3 is 6.03 Å². The minimum Gasteiger partial charge on any atom is -0.497 e. The Morgan fingerprint density at radius 2 is 1.85 bits per heavy atom. The molecular formula is C25H25N3O6. The third-order valence-corrected chi connectivity index (χ3v) is 5.36. The largest absolute Gasteiger partial charge is 0.497 e. The van der Waals surface area contributed by atoms with Crippen molar-refractivity contribution in [1.82, 2.24) is 4.90 Å². The first-order chi connectivity index (χ1) is 16.5. The van der Waals surface area contributed by atoms with Crippen LogP contribution in [0.15, 0.2) is 71.3 Å². The standard InChI is InChI=1S/C25H25N3O6/c1-3-33-19-11-9-17(10-12-19)26-23(29)15-22-24(30)28(18-6-4-7-20(14-18)32-2)25(31)27(22)16-21-8-5-13-34-21/h4-14,22H,3,15-16H2,1-2H3,(H,26,29)/t22-/m0/s1. The van der Waals surface area contributed by atoms with Gasteiger partial charge in [0.25, 0.3) is 5.91 Å². The fraction of sp³-hybridized carbons (Fsp3) is 0.240. The maximum atomic E-state index is 13.4. The van der Waals surface area contributed by atoms with Crippen LogP contribution in [0.1, 0.15) is 19.1 Å². The molecule has 1 aliphatic heterocycles. The van der Waals surface area contributed by atoms with E-state index < -0.39 is 23.9 Å². The molecule has 1 fully saturated rings.